The zero-order chi connectivity index (χ0) is 21.5. The molecule has 6 heteroatoms. The lowest BCUT2D eigenvalue weighted by molar-refractivity contribution is -0.134. The van der Waals surface area contributed by atoms with Crippen molar-refractivity contribution in [2.75, 3.05) is 19.6 Å². The minimum atomic E-state index is -0.493. The van der Waals surface area contributed by atoms with Gasteiger partial charge in [-0.25, -0.2) is 0 Å². The second kappa shape index (κ2) is 10.1. The zero-order valence-electron chi connectivity index (χ0n) is 17.4. The van der Waals surface area contributed by atoms with Gasteiger partial charge in [-0.2, -0.15) is 0 Å². The summed E-state index contributed by atoms with van der Waals surface area (Å²) >= 11 is 0. The first-order valence-corrected chi connectivity index (χ1v) is 10.6. The molecule has 2 N–H and O–H groups in total. The van der Waals surface area contributed by atoms with Gasteiger partial charge in [-0.3, -0.25) is 14.5 Å². The smallest absolute Gasteiger partial charge is 0.237 e. The molecule has 1 aliphatic heterocycles. The molecule has 0 radical (unpaired) electrons. The summed E-state index contributed by atoms with van der Waals surface area (Å²) < 4.78 is 5.04. The zero-order valence-corrected chi connectivity index (χ0v) is 17.4. The Morgan fingerprint density at radius 3 is 2.35 bits per heavy atom. The lowest BCUT2D eigenvalue weighted by atomic mass is 9.90. The van der Waals surface area contributed by atoms with E-state index in [1.54, 1.807) is 12.5 Å². The van der Waals surface area contributed by atoms with Gasteiger partial charge in [0.15, 0.2) is 0 Å². The molecule has 0 aliphatic carbocycles. The Morgan fingerprint density at radius 2 is 1.74 bits per heavy atom. The summed E-state index contributed by atoms with van der Waals surface area (Å²) in [6, 6.07) is 22.0. The van der Waals surface area contributed by atoms with E-state index >= 15 is 0 Å². The Balaban J connectivity index is 1.49. The maximum Gasteiger partial charge on any atom is 0.237 e. The molecule has 0 bridgehead atoms. The molecule has 1 fully saturated rings. The Kier molecular flexibility index (Phi) is 6.79. The number of piperazine rings is 1. The molecule has 2 amide bonds. The minimum absolute atomic E-state index is 0.0930. The van der Waals surface area contributed by atoms with Crippen molar-refractivity contribution in [3.8, 4) is 0 Å². The SMILES string of the molecule is O=C(CC1C(=O)NCCN1CC(c1ccccc1)c1ccccc1)NCc1ccoc1. The Hall–Kier alpha value is -3.38. The van der Waals surface area contributed by atoms with Crippen molar-refractivity contribution in [3.63, 3.8) is 0 Å². The van der Waals surface area contributed by atoms with Crippen LogP contribution in [0.1, 0.15) is 29.0 Å². The predicted molar refractivity (Wildman–Crippen MR) is 118 cm³/mol. The standard InChI is InChI=1S/C25H27N3O3/c29-24(27-16-19-11-14-31-18-19)15-23-25(30)26-12-13-28(23)17-22(20-7-3-1-4-8-20)21-9-5-2-6-10-21/h1-11,14,18,22-23H,12-13,15-17H2,(H,26,30)(H,27,29). The van der Waals surface area contributed by atoms with E-state index in [4.69, 9.17) is 4.42 Å². The quantitative estimate of drug-likeness (QED) is 0.591. The van der Waals surface area contributed by atoms with Gasteiger partial charge in [-0.15, -0.1) is 0 Å². The van der Waals surface area contributed by atoms with Crippen LogP contribution in [0.4, 0.5) is 0 Å². The normalized spacial score (nSPS) is 16.8. The third-order valence-electron chi connectivity index (χ3n) is 5.71. The molecule has 2 aromatic carbocycles. The second-order valence-electron chi connectivity index (χ2n) is 7.79. The first-order valence-electron chi connectivity index (χ1n) is 10.6. The molecule has 0 spiro atoms. The van der Waals surface area contributed by atoms with E-state index in [1.807, 2.05) is 42.5 Å². The summed E-state index contributed by atoms with van der Waals surface area (Å²) in [5.41, 5.74) is 3.29. The molecule has 1 aromatic heterocycles. The van der Waals surface area contributed by atoms with Crippen molar-refractivity contribution >= 4 is 11.8 Å². The van der Waals surface area contributed by atoms with Gasteiger partial charge in [0, 0.05) is 37.7 Å². The molecule has 31 heavy (non-hydrogen) atoms. The van der Waals surface area contributed by atoms with Crippen LogP contribution in [0.5, 0.6) is 0 Å². The topological polar surface area (TPSA) is 74.6 Å². The van der Waals surface area contributed by atoms with Gasteiger partial charge in [0.25, 0.3) is 0 Å². The van der Waals surface area contributed by atoms with Crippen molar-refractivity contribution in [1.82, 2.24) is 15.5 Å². The van der Waals surface area contributed by atoms with Crippen LogP contribution in [0.15, 0.2) is 83.7 Å². The fourth-order valence-corrected chi connectivity index (χ4v) is 4.05. The van der Waals surface area contributed by atoms with Gasteiger partial charge in [-0.05, 0) is 17.2 Å². The van der Waals surface area contributed by atoms with Gasteiger partial charge in [0.05, 0.1) is 25.0 Å². The predicted octanol–water partition coefficient (Wildman–Crippen LogP) is 2.92. The lowest BCUT2D eigenvalue weighted by Crippen LogP contribution is -2.57. The number of hydrogen-bond acceptors (Lipinski definition) is 4. The van der Waals surface area contributed by atoms with Crippen LogP contribution >= 0.6 is 0 Å². The van der Waals surface area contributed by atoms with Crippen LogP contribution in [0.3, 0.4) is 0 Å². The fourth-order valence-electron chi connectivity index (χ4n) is 4.05. The van der Waals surface area contributed by atoms with E-state index in [2.05, 4.69) is 39.8 Å². The van der Waals surface area contributed by atoms with Gasteiger partial charge >= 0.3 is 0 Å². The Bertz CT molecular complexity index is 934. The number of carbonyl (C=O) groups is 2. The number of nitrogens with zero attached hydrogens (tertiary/aromatic N) is 1. The van der Waals surface area contributed by atoms with Gasteiger partial charge in [0.1, 0.15) is 0 Å². The van der Waals surface area contributed by atoms with Crippen LogP contribution in [0.2, 0.25) is 0 Å². The van der Waals surface area contributed by atoms with E-state index < -0.39 is 6.04 Å². The highest BCUT2D eigenvalue weighted by Gasteiger charge is 2.33. The summed E-state index contributed by atoms with van der Waals surface area (Å²) in [4.78, 5) is 27.4. The Morgan fingerprint density at radius 1 is 1.06 bits per heavy atom. The van der Waals surface area contributed by atoms with Crippen LogP contribution in [0, 0.1) is 0 Å². The summed E-state index contributed by atoms with van der Waals surface area (Å²) in [7, 11) is 0. The number of benzene rings is 2. The number of amides is 2. The first kappa shape index (κ1) is 20.9. The third-order valence-corrected chi connectivity index (χ3v) is 5.71. The van der Waals surface area contributed by atoms with E-state index in [-0.39, 0.29) is 24.2 Å². The van der Waals surface area contributed by atoms with Crippen LogP contribution in [-0.4, -0.2) is 42.4 Å². The molecule has 6 nitrogen and oxygen atoms in total. The molecule has 0 saturated carbocycles. The highest BCUT2D eigenvalue weighted by molar-refractivity contribution is 5.88. The molecule has 1 atom stereocenters. The summed E-state index contributed by atoms with van der Waals surface area (Å²) in [5, 5.41) is 5.80. The van der Waals surface area contributed by atoms with E-state index in [1.165, 1.54) is 11.1 Å². The van der Waals surface area contributed by atoms with E-state index in [0.717, 1.165) is 5.56 Å². The van der Waals surface area contributed by atoms with Crippen molar-refractivity contribution in [2.45, 2.75) is 24.9 Å². The fraction of sp³-hybridized carbons (Fsp3) is 0.280. The van der Waals surface area contributed by atoms with Gasteiger partial charge in [0.2, 0.25) is 11.8 Å². The van der Waals surface area contributed by atoms with Crippen molar-refractivity contribution < 1.29 is 14.0 Å². The minimum Gasteiger partial charge on any atom is -0.472 e. The van der Waals surface area contributed by atoms with Crippen molar-refractivity contribution in [1.29, 1.82) is 0 Å². The lowest BCUT2D eigenvalue weighted by Gasteiger charge is -2.37. The molecule has 3 aromatic rings. The number of furan rings is 1. The summed E-state index contributed by atoms with van der Waals surface area (Å²) in [6.07, 6.45) is 3.30. The maximum absolute atomic E-state index is 12.7. The Labute approximate surface area is 182 Å². The molecular weight excluding hydrogens is 390 g/mol. The average molecular weight is 418 g/mol. The maximum atomic E-state index is 12.7. The number of hydrogen-bond donors (Lipinski definition) is 2. The number of carbonyl (C=O) groups excluding carboxylic acids is 2. The number of nitrogens with one attached hydrogen (secondary N) is 2. The monoisotopic (exact) mass is 417 g/mol. The van der Waals surface area contributed by atoms with E-state index in [9.17, 15) is 9.59 Å². The van der Waals surface area contributed by atoms with Gasteiger partial charge < -0.3 is 15.1 Å². The average Bonchev–Trinajstić information content (AvgIpc) is 3.33. The van der Waals surface area contributed by atoms with Crippen LogP contribution in [0.25, 0.3) is 0 Å². The first-order chi connectivity index (χ1) is 15.2. The molecular formula is C25H27N3O3. The summed E-state index contributed by atoms with van der Waals surface area (Å²) in [6.45, 7) is 2.35. The van der Waals surface area contributed by atoms with Gasteiger partial charge in [-0.1, -0.05) is 60.7 Å². The highest BCUT2D eigenvalue weighted by Crippen LogP contribution is 2.27. The molecule has 1 aliphatic rings. The molecule has 2 heterocycles. The molecule has 160 valence electrons. The summed E-state index contributed by atoms with van der Waals surface area (Å²) in [5.74, 6) is -0.126. The molecule has 1 unspecified atom stereocenters. The van der Waals surface area contributed by atoms with Crippen molar-refractivity contribution in [2.24, 2.45) is 0 Å². The third kappa shape index (κ3) is 5.41. The van der Waals surface area contributed by atoms with Crippen molar-refractivity contribution in [3.05, 3.63) is 95.9 Å². The van der Waals surface area contributed by atoms with Crippen LogP contribution in [-0.2, 0) is 16.1 Å². The largest absolute Gasteiger partial charge is 0.472 e. The van der Waals surface area contributed by atoms with Crippen LogP contribution < -0.4 is 10.6 Å². The molecule has 1 saturated heterocycles. The second-order valence-corrected chi connectivity index (χ2v) is 7.79. The van der Waals surface area contributed by atoms with E-state index in [0.29, 0.717) is 26.2 Å². The molecule has 4 rings (SSSR count). The highest BCUT2D eigenvalue weighted by atomic mass is 16.3. The number of rotatable bonds is 8.